The van der Waals surface area contributed by atoms with Crippen LogP contribution in [0.1, 0.15) is 65.7 Å². The average Bonchev–Trinajstić information content (AvgIpc) is 2.85. The highest BCUT2D eigenvalue weighted by Crippen LogP contribution is 2.49. The predicted molar refractivity (Wildman–Crippen MR) is 144 cm³/mol. The van der Waals surface area contributed by atoms with Crippen LogP contribution in [0.15, 0.2) is 54.6 Å². The zero-order chi connectivity index (χ0) is 24.9. The minimum atomic E-state index is -1.13. The minimum Gasteiger partial charge on any atom is -0.496 e. The summed E-state index contributed by atoms with van der Waals surface area (Å²) in [5, 5.41) is 0.722. The van der Waals surface area contributed by atoms with Crippen LogP contribution in [0.4, 0.5) is 0 Å². The number of halogens is 1. The standard InChI is InChI=1S/C29H34ClO4P/c1-19(2)26-15-22(9-10-29(26)31-5)16-27-20(3)13-25(14-21(27)4)32-18-35-33-12-11-28(34-35)23-7-6-8-24(30)17-23/h6-10,13-15,17,19,28H,11-12,16,18H2,1-5H3. The van der Waals surface area contributed by atoms with E-state index in [1.165, 1.54) is 27.8 Å². The summed E-state index contributed by atoms with van der Waals surface area (Å²) in [7, 11) is 0.605. The fraction of sp³-hybridized carbons (Fsp3) is 0.379. The molecule has 35 heavy (non-hydrogen) atoms. The fourth-order valence-corrected chi connectivity index (χ4v) is 5.95. The van der Waals surface area contributed by atoms with Gasteiger partial charge in [-0.25, -0.2) is 0 Å². The summed E-state index contributed by atoms with van der Waals surface area (Å²) in [6.07, 6.45) is 2.09. The Balaban J connectivity index is 1.41. The van der Waals surface area contributed by atoms with Gasteiger partial charge in [-0.05, 0) is 89.9 Å². The van der Waals surface area contributed by atoms with Crippen LogP contribution in [0.2, 0.25) is 5.02 Å². The largest absolute Gasteiger partial charge is 0.496 e. The van der Waals surface area contributed by atoms with Crippen molar-refractivity contribution in [1.82, 2.24) is 0 Å². The molecular weight excluding hydrogens is 479 g/mol. The molecule has 0 saturated carbocycles. The number of rotatable bonds is 8. The molecule has 0 amide bonds. The Bertz CT molecular complexity index is 1140. The first-order valence-corrected chi connectivity index (χ1v) is 13.8. The molecule has 1 heterocycles. The monoisotopic (exact) mass is 512 g/mol. The zero-order valence-electron chi connectivity index (χ0n) is 21.1. The van der Waals surface area contributed by atoms with Crippen molar-refractivity contribution in [3.05, 3.63) is 93.0 Å². The van der Waals surface area contributed by atoms with Crippen molar-refractivity contribution in [2.75, 3.05) is 20.1 Å². The van der Waals surface area contributed by atoms with Crippen molar-refractivity contribution in [3.8, 4) is 11.5 Å². The molecule has 3 aromatic carbocycles. The molecule has 0 spiro atoms. The molecule has 4 rings (SSSR count). The number of hydrogen-bond acceptors (Lipinski definition) is 4. The molecule has 186 valence electrons. The molecule has 1 fully saturated rings. The van der Waals surface area contributed by atoms with E-state index in [1.54, 1.807) is 7.11 Å². The second-order valence-corrected chi connectivity index (χ2v) is 11.1. The maximum atomic E-state index is 6.21. The topological polar surface area (TPSA) is 36.9 Å². The molecular formula is C29H34ClO4P. The van der Waals surface area contributed by atoms with Gasteiger partial charge in [0.1, 0.15) is 11.5 Å². The Morgan fingerprint density at radius 2 is 1.83 bits per heavy atom. The number of methoxy groups -OCH3 is 1. The van der Waals surface area contributed by atoms with Crippen LogP contribution in [0, 0.1) is 13.8 Å². The summed E-state index contributed by atoms with van der Waals surface area (Å²) < 4.78 is 23.8. The van der Waals surface area contributed by atoms with Gasteiger partial charge in [-0.3, -0.25) is 0 Å². The van der Waals surface area contributed by atoms with Crippen molar-refractivity contribution in [3.63, 3.8) is 0 Å². The predicted octanol–water partition coefficient (Wildman–Crippen LogP) is 8.51. The Hall–Kier alpha value is -2.10. The molecule has 0 radical (unpaired) electrons. The second kappa shape index (κ2) is 11.8. The lowest BCUT2D eigenvalue weighted by atomic mass is 9.93. The quantitative estimate of drug-likeness (QED) is 0.283. The van der Waals surface area contributed by atoms with Gasteiger partial charge in [0.25, 0.3) is 0 Å². The van der Waals surface area contributed by atoms with Crippen LogP contribution in [0.25, 0.3) is 0 Å². The van der Waals surface area contributed by atoms with E-state index in [0.29, 0.717) is 18.9 Å². The smallest absolute Gasteiger partial charge is 0.211 e. The Kier molecular flexibility index (Phi) is 8.73. The van der Waals surface area contributed by atoms with Gasteiger partial charge in [-0.1, -0.05) is 49.7 Å². The number of ether oxygens (including phenoxy) is 2. The normalized spacial score (nSPS) is 18.0. The summed E-state index contributed by atoms with van der Waals surface area (Å²) >= 11 is 6.16. The summed E-state index contributed by atoms with van der Waals surface area (Å²) in [5.74, 6) is 2.21. The number of aryl methyl sites for hydroxylation is 2. The van der Waals surface area contributed by atoms with E-state index < -0.39 is 8.38 Å². The first-order chi connectivity index (χ1) is 16.8. The Labute approximate surface area is 215 Å². The van der Waals surface area contributed by atoms with Crippen LogP contribution >= 0.6 is 20.0 Å². The summed E-state index contributed by atoms with van der Waals surface area (Å²) in [6.45, 7) is 9.35. The second-order valence-electron chi connectivity index (χ2n) is 9.32. The van der Waals surface area contributed by atoms with Gasteiger partial charge >= 0.3 is 0 Å². The first kappa shape index (κ1) is 26.0. The van der Waals surface area contributed by atoms with Crippen molar-refractivity contribution < 1.29 is 18.5 Å². The third-order valence-electron chi connectivity index (χ3n) is 6.38. The van der Waals surface area contributed by atoms with Gasteiger partial charge in [-0.15, -0.1) is 0 Å². The van der Waals surface area contributed by atoms with Gasteiger partial charge < -0.3 is 18.5 Å². The van der Waals surface area contributed by atoms with Crippen molar-refractivity contribution in [2.24, 2.45) is 0 Å². The summed E-state index contributed by atoms with van der Waals surface area (Å²) in [6, 6.07) is 18.6. The molecule has 1 aliphatic heterocycles. The highest BCUT2D eigenvalue weighted by molar-refractivity contribution is 7.47. The van der Waals surface area contributed by atoms with Crippen molar-refractivity contribution >= 4 is 20.0 Å². The molecule has 2 atom stereocenters. The van der Waals surface area contributed by atoms with E-state index in [0.717, 1.165) is 34.9 Å². The van der Waals surface area contributed by atoms with E-state index in [1.807, 2.05) is 18.2 Å². The van der Waals surface area contributed by atoms with Gasteiger partial charge in [0.15, 0.2) is 6.35 Å². The fourth-order valence-electron chi connectivity index (χ4n) is 4.48. The Morgan fingerprint density at radius 3 is 2.51 bits per heavy atom. The number of hydrogen-bond donors (Lipinski definition) is 0. The minimum absolute atomic E-state index is 0.0109. The maximum Gasteiger partial charge on any atom is 0.211 e. The maximum absolute atomic E-state index is 6.21. The van der Waals surface area contributed by atoms with E-state index in [2.05, 4.69) is 64.1 Å². The third-order valence-corrected chi connectivity index (χ3v) is 7.92. The van der Waals surface area contributed by atoms with Crippen molar-refractivity contribution in [1.29, 1.82) is 0 Å². The Morgan fingerprint density at radius 1 is 1.06 bits per heavy atom. The van der Waals surface area contributed by atoms with Crippen LogP contribution in [0.3, 0.4) is 0 Å². The summed E-state index contributed by atoms with van der Waals surface area (Å²) in [5.41, 5.74) is 7.38. The SMILES string of the molecule is COc1ccc(Cc2c(C)cc(OCP3OCCC(c4cccc(Cl)c4)O3)cc2C)cc1C(C)C. The molecule has 3 aromatic rings. The molecule has 1 aliphatic rings. The lowest BCUT2D eigenvalue weighted by molar-refractivity contribution is 0.100. The highest BCUT2D eigenvalue weighted by Gasteiger charge is 2.26. The van der Waals surface area contributed by atoms with Crippen LogP contribution < -0.4 is 9.47 Å². The van der Waals surface area contributed by atoms with E-state index in [4.69, 9.17) is 30.1 Å². The first-order valence-electron chi connectivity index (χ1n) is 12.1. The molecule has 0 aliphatic carbocycles. The third kappa shape index (κ3) is 6.57. The molecule has 1 saturated heterocycles. The molecule has 6 heteroatoms. The molecule has 0 N–H and O–H groups in total. The molecule has 4 nitrogen and oxygen atoms in total. The van der Waals surface area contributed by atoms with Gasteiger partial charge in [0.2, 0.25) is 8.38 Å². The highest BCUT2D eigenvalue weighted by atomic mass is 35.5. The lowest BCUT2D eigenvalue weighted by Crippen LogP contribution is -2.14. The molecule has 2 unspecified atom stereocenters. The van der Waals surface area contributed by atoms with Gasteiger partial charge in [0, 0.05) is 11.4 Å². The number of benzene rings is 3. The molecule has 0 aromatic heterocycles. The summed E-state index contributed by atoms with van der Waals surface area (Å²) in [4.78, 5) is 0. The van der Waals surface area contributed by atoms with Crippen LogP contribution in [-0.4, -0.2) is 20.1 Å². The van der Waals surface area contributed by atoms with Gasteiger partial charge in [0.05, 0.1) is 19.8 Å². The lowest BCUT2D eigenvalue weighted by Gasteiger charge is -2.29. The van der Waals surface area contributed by atoms with Gasteiger partial charge in [-0.2, -0.15) is 0 Å². The van der Waals surface area contributed by atoms with E-state index in [-0.39, 0.29) is 6.10 Å². The molecule has 0 bridgehead atoms. The van der Waals surface area contributed by atoms with E-state index in [9.17, 15) is 0 Å². The zero-order valence-corrected chi connectivity index (χ0v) is 22.8. The van der Waals surface area contributed by atoms with Crippen LogP contribution in [-0.2, 0) is 15.5 Å². The van der Waals surface area contributed by atoms with Crippen molar-refractivity contribution in [2.45, 2.75) is 52.6 Å². The van der Waals surface area contributed by atoms with E-state index >= 15 is 0 Å². The average molecular weight is 513 g/mol. The van der Waals surface area contributed by atoms with Crippen LogP contribution in [0.5, 0.6) is 11.5 Å².